The number of ether oxygens (including phenoxy) is 2. The van der Waals surface area contributed by atoms with Gasteiger partial charge in [0.05, 0.1) is 19.8 Å². The van der Waals surface area contributed by atoms with Gasteiger partial charge < -0.3 is 9.47 Å². The van der Waals surface area contributed by atoms with Crippen molar-refractivity contribution in [2.75, 3.05) is 19.8 Å². The lowest BCUT2D eigenvalue weighted by atomic mass is 10.5. The zero-order valence-corrected chi connectivity index (χ0v) is 7.91. The maximum absolute atomic E-state index is 10.9. The van der Waals surface area contributed by atoms with E-state index < -0.39 is 17.6 Å². The molecule has 0 unspecified atom stereocenters. The number of carbonyl (C=O) groups excluding carboxylic acids is 2. The van der Waals surface area contributed by atoms with Gasteiger partial charge in [-0.05, 0) is 11.6 Å². The predicted molar refractivity (Wildman–Crippen MR) is 44.3 cm³/mol. The largest absolute Gasteiger partial charge is 0.348 e. The normalized spacial score (nSPS) is 17.4. The molecule has 1 rings (SSSR count). The van der Waals surface area contributed by atoms with E-state index in [1.807, 2.05) is 0 Å². The molecule has 0 aliphatic carbocycles. The lowest BCUT2D eigenvalue weighted by Gasteiger charge is -2.18. The first-order valence-corrected chi connectivity index (χ1v) is 4.20. The van der Waals surface area contributed by atoms with Crippen LogP contribution >= 0.6 is 11.6 Å². The summed E-state index contributed by atoms with van der Waals surface area (Å²) in [5.74, 6) is -0.417. The van der Waals surface area contributed by atoms with E-state index in [0.717, 1.165) is 4.90 Å². The van der Waals surface area contributed by atoms with Crippen LogP contribution in [0.25, 0.3) is 0 Å². The topological polar surface area (TPSA) is 55.8 Å². The van der Waals surface area contributed by atoms with Crippen LogP contribution in [0.2, 0.25) is 0 Å². The van der Waals surface area contributed by atoms with E-state index in [-0.39, 0.29) is 6.54 Å². The Balaban J connectivity index is 2.46. The number of hydrogen-bond acceptors (Lipinski definition) is 4. The summed E-state index contributed by atoms with van der Waals surface area (Å²) in [6, 6.07) is 0. The summed E-state index contributed by atoms with van der Waals surface area (Å²) in [6.07, 6.45) is -0.536. The summed E-state index contributed by atoms with van der Waals surface area (Å²) in [4.78, 5) is 22.5. The van der Waals surface area contributed by atoms with Crippen molar-refractivity contribution in [3.8, 4) is 0 Å². The molecule has 1 aliphatic heterocycles. The van der Waals surface area contributed by atoms with Gasteiger partial charge in [-0.25, -0.2) is 0 Å². The quantitative estimate of drug-likeness (QED) is 0.491. The van der Waals surface area contributed by atoms with Crippen molar-refractivity contribution in [3.63, 3.8) is 0 Å². The van der Waals surface area contributed by atoms with Gasteiger partial charge in [0.25, 0.3) is 0 Å². The van der Waals surface area contributed by atoms with Gasteiger partial charge in [0.2, 0.25) is 5.91 Å². The second kappa shape index (κ2) is 4.55. The summed E-state index contributed by atoms with van der Waals surface area (Å²) < 4.78 is 10.1. The Hall–Kier alpha value is -0.650. The first kappa shape index (κ1) is 10.4. The van der Waals surface area contributed by atoms with Crippen LogP contribution in [0.5, 0.6) is 0 Å². The van der Waals surface area contributed by atoms with Gasteiger partial charge in [-0.3, -0.25) is 14.5 Å². The fourth-order valence-corrected chi connectivity index (χ4v) is 1.17. The van der Waals surface area contributed by atoms with Gasteiger partial charge in [0.1, 0.15) is 0 Å². The molecule has 0 aromatic rings. The number of nitrogens with zero attached hydrogens (tertiary/aromatic N) is 1. The minimum atomic E-state index is -0.813. The third-order valence-corrected chi connectivity index (χ3v) is 1.82. The highest BCUT2D eigenvalue weighted by Gasteiger charge is 2.24. The van der Waals surface area contributed by atoms with Crippen LogP contribution < -0.4 is 0 Å². The molecule has 5 nitrogen and oxygen atoms in total. The smallest absolute Gasteiger partial charge is 0.323 e. The summed E-state index contributed by atoms with van der Waals surface area (Å²) in [5, 5.41) is -0.813. The van der Waals surface area contributed by atoms with E-state index in [2.05, 4.69) is 0 Å². The van der Waals surface area contributed by atoms with Crippen molar-refractivity contribution in [2.24, 2.45) is 0 Å². The summed E-state index contributed by atoms with van der Waals surface area (Å²) >= 11 is 5.17. The van der Waals surface area contributed by atoms with E-state index in [1.54, 1.807) is 0 Å². The Morgan fingerprint density at radius 2 is 2.00 bits per heavy atom. The van der Waals surface area contributed by atoms with Crippen LogP contribution in [0.3, 0.4) is 0 Å². The Morgan fingerprint density at radius 3 is 2.38 bits per heavy atom. The molecule has 0 bridgehead atoms. The van der Waals surface area contributed by atoms with Crippen molar-refractivity contribution in [1.29, 1.82) is 0 Å². The molecular weight excluding hydrogens is 198 g/mol. The summed E-state index contributed by atoms with van der Waals surface area (Å²) in [7, 11) is 0. The van der Waals surface area contributed by atoms with Crippen molar-refractivity contribution in [1.82, 2.24) is 4.90 Å². The fraction of sp³-hybridized carbons (Fsp3) is 0.714. The Bertz CT molecular complexity index is 201. The second-order valence-electron chi connectivity index (χ2n) is 2.55. The molecule has 13 heavy (non-hydrogen) atoms. The standard InChI is InChI=1S/C7H10ClNO4/c1-5(10)9(7(8)11)4-6-12-2-3-13-6/h6H,2-4H2,1H3. The molecule has 1 fully saturated rings. The molecule has 0 radical (unpaired) electrons. The lowest BCUT2D eigenvalue weighted by Crippen LogP contribution is -2.38. The maximum Gasteiger partial charge on any atom is 0.323 e. The van der Waals surface area contributed by atoms with Crippen LogP contribution in [0.1, 0.15) is 6.92 Å². The maximum atomic E-state index is 10.9. The van der Waals surface area contributed by atoms with E-state index in [1.165, 1.54) is 6.92 Å². The summed E-state index contributed by atoms with van der Waals surface area (Å²) in [5.41, 5.74) is 0. The lowest BCUT2D eigenvalue weighted by molar-refractivity contribution is -0.130. The van der Waals surface area contributed by atoms with E-state index >= 15 is 0 Å². The Morgan fingerprint density at radius 1 is 1.46 bits per heavy atom. The third kappa shape index (κ3) is 2.95. The molecule has 1 saturated heterocycles. The molecule has 0 aromatic carbocycles. The summed E-state index contributed by atoms with van der Waals surface area (Å²) in [6.45, 7) is 2.27. The van der Waals surface area contributed by atoms with Crippen LogP contribution in [0.4, 0.5) is 4.79 Å². The van der Waals surface area contributed by atoms with Gasteiger partial charge in [-0.2, -0.15) is 0 Å². The molecule has 6 heteroatoms. The molecule has 2 amide bonds. The number of carbonyl (C=O) groups is 2. The Labute approximate surface area is 80.5 Å². The second-order valence-corrected chi connectivity index (χ2v) is 2.88. The fourth-order valence-electron chi connectivity index (χ4n) is 0.986. The van der Waals surface area contributed by atoms with Crippen molar-refractivity contribution in [2.45, 2.75) is 13.2 Å². The van der Waals surface area contributed by atoms with E-state index in [4.69, 9.17) is 21.1 Å². The van der Waals surface area contributed by atoms with E-state index in [9.17, 15) is 9.59 Å². The van der Waals surface area contributed by atoms with Gasteiger partial charge in [-0.1, -0.05) is 0 Å². The minimum Gasteiger partial charge on any atom is -0.348 e. The number of halogens is 1. The molecule has 0 atom stereocenters. The highest BCUT2D eigenvalue weighted by Crippen LogP contribution is 2.08. The molecule has 74 valence electrons. The molecule has 0 N–H and O–H groups in total. The van der Waals surface area contributed by atoms with Crippen molar-refractivity contribution >= 4 is 22.9 Å². The highest BCUT2D eigenvalue weighted by molar-refractivity contribution is 6.64. The predicted octanol–water partition coefficient (Wildman–Crippen LogP) is 0.567. The van der Waals surface area contributed by atoms with Gasteiger partial charge in [-0.15, -0.1) is 0 Å². The zero-order chi connectivity index (χ0) is 9.84. The monoisotopic (exact) mass is 207 g/mol. The zero-order valence-electron chi connectivity index (χ0n) is 7.16. The van der Waals surface area contributed by atoms with Crippen LogP contribution in [-0.4, -0.2) is 42.2 Å². The van der Waals surface area contributed by atoms with Crippen LogP contribution in [0.15, 0.2) is 0 Å². The number of rotatable bonds is 2. The number of amides is 2. The van der Waals surface area contributed by atoms with Gasteiger partial charge in [0.15, 0.2) is 6.29 Å². The SMILES string of the molecule is CC(=O)N(CC1OCCO1)C(=O)Cl. The first-order chi connectivity index (χ1) is 6.11. The van der Waals surface area contributed by atoms with E-state index in [0.29, 0.717) is 13.2 Å². The molecule has 0 spiro atoms. The highest BCUT2D eigenvalue weighted by atomic mass is 35.5. The van der Waals surface area contributed by atoms with Gasteiger partial charge in [0, 0.05) is 6.92 Å². The van der Waals surface area contributed by atoms with Crippen LogP contribution in [-0.2, 0) is 14.3 Å². The van der Waals surface area contributed by atoms with Gasteiger partial charge >= 0.3 is 5.37 Å². The molecule has 0 aromatic heterocycles. The molecular formula is C7H10ClNO4. The van der Waals surface area contributed by atoms with Crippen molar-refractivity contribution < 1.29 is 19.1 Å². The number of hydrogen-bond donors (Lipinski definition) is 0. The molecule has 1 aliphatic rings. The third-order valence-electron chi connectivity index (χ3n) is 1.61. The minimum absolute atomic E-state index is 0.0532. The van der Waals surface area contributed by atoms with Crippen molar-refractivity contribution in [3.05, 3.63) is 0 Å². The molecule has 0 saturated carbocycles. The average molecular weight is 208 g/mol. The Kier molecular flexibility index (Phi) is 3.65. The van der Waals surface area contributed by atoms with Crippen LogP contribution in [0, 0.1) is 0 Å². The number of imide groups is 1. The molecule has 1 heterocycles. The first-order valence-electron chi connectivity index (χ1n) is 3.82. The average Bonchev–Trinajstić information content (AvgIpc) is 2.50.